The molecule has 15 heavy (non-hydrogen) atoms. The van der Waals surface area contributed by atoms with Crippen molar-refractivity contribution in [1.82, 2.24) is 5.32 Å². The van der Waals surface area contributed by atoms with Crippen LogP contribution in [0.2, 0.25) is 0 Å². The van der Waals surface area contributed by atoms with Crippen molar-refractivity contribution in [2.45, 2.75) is 25.8 Å². The van der Waals surface area contributed by atoms with E-state index in [4.69, 9.17) is 0 Å². The first kappa shape index (κ1) is 12.2. The van der Waals surface area contributed by atoms with E-state index in [0.717, 1.165) is 23.7 Å². The molecule has 1 aromatic carbocycles. The van der Waals surface area contributed by atoms with Gasteiger partial charge in [-0.3, -0.25) is 4.79 Å². The van der Waals surface area contributed by atoms with Crippen molar-refractivity contribution in [3.05, 3.63) is 35.9 Å². The largest absolute Gasteiger partial charge is 0.349 e. The molecular formula is C12H16BrNO. The molecule has 0 radical (unpaired) electrons. The van der Waals surface area contributed by atoms with Gasteiger partial charge in [-0.05, 0) is 25.0 Å². The van der Waals surface area contributed by atoms with Crippen LogP contribution in [0, 0.1) is 0 Å². The second-order valence-electron chi connectivity index (χ2n) is 3.42. The molecule has 1 N–H and O–H groups in total. The molecule has 0 fully saturated rings. The lowest BCUT2D eigenvalue weighted by Crippen LogP contribution is -2.34. The minimum Gasteiger partial charge on any atom is -0.349 e. The summed E-state index contributed by atoms with van der Waals surface area (Å²) in [5, 5.41) is 3.93. The number of halogens is 1. The summed E-state index contributed by atoms with van der Waals surface area (Å²) in [5.41, 5.74) is 0.727. The van der Waals surface area contributed by atoms with E-state index in [2.05, 4.69) is 28.2 Å². The fraction of sp³-hybridized carbons (Fsp3) is 0.417. The van der Waals surface area contributed by atoms with Gasteiger partial charge in [-0.2, -0.15) is 0 Å². The van der Waals surface area contributed by atoms with Gasteiger partial charge in [-0.1, -0.05) is 41.1 Å². The van der Waals surface area contributed by atoms with Gasteiger partial charge < -0.3 is 5.32 Å². The number of benzene rings is 1. The van der Waals surface area contributed by atoms with Crippen LogP contribution in [0.25, 0.3) is 0 Å². The molecule has 0 aromatic heterocycles. The van der Waals surface area contributed by atoms with Crippen LogP contribution in [0.5, 0.6) is 0 Å². The van der Waals surface area contributed by atoms with Crippen LogP contribution >= 0.6 is 15.9 Å². The molecule has 1 aromatic rings. The highest BCUT2D eigenvalue weighted by Gasteiger charge is 2.10. The van der Waals surface area contributed by atoms with Crippen molar-refractivity contribution in [3.8, 4) is 0 Å². The zero-order chi connectivity index (χ0) is 11.1. The Hall–Kier alpha value is -0.830. The van der Waals surface area contributed by atoms with E-state index >= 15 is 0 Å². The summed E-state index contributed by atoms with van der Waals surface area (Å²) in [5.74, 6) is 0.0170. The highest BCUT2D eigenvalue weighted by Crippen LogP contribution is 2.04. The normalized spacial score (nSPS) is 12.1. The molecule has 1 unspecified atom stereocenters. The molecule has 1 atom stereocenters. The van der Waals surface area contributed by atoms with E-state index in [1.165, 1.54) is 0 Å². The Kier molecular flexibility index (Phi) is 5.40. The Labute approximate surface area is 99.2 Å². The van der Waals surface area contributed by atoms with Crippen LogP contribution in [0.1, 0.15) is 30.1 Å². The predicted molar refractivity (Wildman–Crippen MR) is 66.4 cm³/mol. The Morgan fingerprint density at radius 3 is 2.60 bits per heavy atom. The fourth-order valence-corrected chi connectivity index (χ4v) is 1.92. The molecule has 1 rings (SSSR count). The molecule has 0 bridgehead atoms. The number of carbonyl (C=O) groups is 1. The first-order valence-corrected chi connectivity index (χ1v) is 6.32. The van der Waals surface area contributed by atoms with Crippen LogP contribution in [0.15, 0.2) is 30.3 Å². The number of amides is 1. The SMILES string of the molecule is CCC(CCBr)NC(=O)c1ccccc1. The van der Waals surface area contributed by atoms with Crippen LogP contribution in [0.3, 0.4) is 0 Å². The van der Waals surface area contributed by atoms with Crippen LogP contribution in [-0.4, -0.2) is 17.3 Å². The molecule has 0 saturated heterocycles. The van der Waals surface area contributed by atoms with Gasteiger partial charge in [0.25, 0.3) is 5.91 Å². The third-order valence-corrected chi connectivity index (χ3v) is 2.78. The van der Waals surface area contributed by atoms with Crippen molar-refractivity contribution >= 4 is 21.8 Å². The van der Waals surface area contributed by atoms with E-state index in [9.17, 15) is 4.79 Å². The molecule has 82 valence electrons. The third-order valence-electron chi connectivity index (χ3n) is 2.32. The van der Waals surface area contributed by atoms with Crippen LogP contribution in [0.4, 0.5) is 0 Å². The van der Waals surface area contributed by atoms with Gasteiger partial charge in [0, 0.05) is 16.9 Å². The van der Waals surface area contributed by atoms with Crippen molar-refractivity contribution < 1.29 is 4.79 Å². The van der Waals surface area contributed by atoms with Gasteiger partial charge in [0.1, 0.15) is 0 Å². The summed E-state index contributed by atoms with van der Waals surface area (Å²) in [6.07, 6.45) is 1.93. The second-order valence-corrected chi connectivity index (χ2v) is 4.22. The number of carbonyl (C=O) groups excluding carboxylic acids is 1. The maximum atomic E-state index is 11.8. The summed E-state index contributed by atoms with van der Waals surface area (Å²) in [6.45, 7) is 2.08. The first-order valence-electron chi connectivity index (χ1n) is 5.19. The summed E-state index contributed by atoms with van der Waals surface area (Å²) < 4.78 is 0. The highest BCUT2D eigenvalue weighted by atomic mass is 79.9. The zero-order valence-corrected chi connectivity index (χ0v) is 10.5. The quantitative estimate of drug-likeness (QED) is 0.819. The molecule has 3 heteroatoms. The van der Waals surface area contributed by atoms with Crippen molar-refractivity contribution in [3.63, 3.8) is 0 Å². The van der Waals surface area contributed by atoms with E-state index in [-0.39, 0.29) is 11.9 Å². The predicted octanol–water partition coefficient (Wildman–Crippen LogP) is 2.98. The highest BCUT2D eigenvalue weighted by molar-refractivity contribution is 9.09. The number of alkyl halides is 1. The van der Waals surface area contributed by atoms with E-state index in [0.29, 0.717) is 0 Å². The lowest BCUT2D eigenvalue weighted by atomic mass is 10.1. The molecule has 0 aliphatic carbocycles. The lowest BCUT2D eigenvalue weighted by Gasteiger charge is -2.15. The lowest BCUT2D eigenvalue weighted by molar-refractivity contribution is 0.0935. The van der Waals surface area contributed by atoms with Crippen LogP contribution < -0.4 is 5.32 Å². The molecule has 0 saturated carbocycles. The maximum Gasteiger partial charge on any atom is 0.251 e. The van der Waals surface area contributed by atoms with Gasteiger partial charge in [0.05, 0.1) is 0 Å². The minimum absolute atomic E-state index is 0.0170. The molecule has 0 aliphatic rings. The smallest absolute Gasteiger partial charge is 0.251 e. The van der Waals surface area contributed by atoms with Gasteiger partial charge in [-0.15, -0.1) is 0 Å². The molecule has 2 nitrogen and oxygen atoms in total. The number of hydrogen-bond acceptors (Lipinski definition) is 1. The fourth-order valence-electron chi connectivity index (χ4n) is 1.37. The maximum absolute atomic E-state index is 11.8. The van der Waals surface area contributed by atoms with Crippen molar-refractivity contribution in [2.24, 2.45) is 0 Å². The molecular weight excluding hydrogens is 254 g/mol. The van der Waals surface area contributed by atoms with E-state index in [1.54, 1.807) is 0 Å². The number of nitrogens with one attached hydrogen (secondary N) is 1. The minimum atomic E-state index is 0.0170. The summed E-state index contributed by atoms with van der Waals surface area (Å²) in [4.78, 5) is 11.8. The summed E-state index contributed by atoms with van der Waals surface area (Å²) in [6, 6.07) is 9.58. The summed E-state index contributed by atoms with van der Waals surface area (Å²) in [7, 11) is 0. The van der Waals surface area contributed by atoms with Gasteiger partial charge >= 0.3 is 0 Å². The Morgan fingerprint density at radius 1 is 1.40 bits per heavy atom. The standard InChI is InChI=1S/C12H16BrNO/c1-2-11(8-9-13)14-12(15)10-6-4-3-5-7-10/h3-7,11H,2,8-9H2,1H3,(H,14,15). The third kappa shape index (κ3) is 4.04. The monoisotopic (exact) mass is 269 g/mol. The first-order chi connectivity index (χ1) is 7.27. The summed E-state index contributed by atoms with van der Waals surface area (Å²) >= 11 is 3.39. The molecule has 1 amide bonds. The molecule has 0 heterocycles. The number of hydrogen-bond donors (Lipinski definition) is 1. The van der Waals surface area contributed by atoms with E-state index < -0.39 is 0 Å². The zero-order valence-electron chi connectivity index (χ0n) is 8.87. The van der Waals surface area contributed by atoms with Gasteiger partial charge in [0.15, 0.2) is 0 Å². The number of rotatable bonds is 5. The molecule has 0 aliphatic heterocycles. The topological polar surface area (TPSA) is 29.1 Å². The van der Waals surface area contributed by atoms with Crippen molar-refractivity contribution in [2.75, 3.05) is 5.33 Å². The van der Waals surface area contributed by atoms with Gasteiger partial charge in [-0.25, -0.2) is 0 Å². The Morgan fingerprint density at radius 2 is 2.07 bits per heavy atom. The average molecular weight is 270 g/mol. The Bertz CT molecular complexity index is 300. The average Bonchev–Trinajstić information content (AvgIpc) is 2.29. The second kappa shape index (κ2) is 6.62. The Balaban J connectivity index is 2.55. The van der Waals surface area contributed by atoms with Gasteiger partial charge in [0.2, 0.25) is 0 Å². The van der Waals surface area contributed by atoms with Crippen molar-refractivity contribution in [1.29, 1.82) is 0 Å². The van der Waals surface area contributed by atoms with Crippen LogP contribution in [-0.2, 0) is 0 Å². The van der Waals surface area contributed by atoms with E-state index in [1.807, 2.05) is 30.3 Å². The molecule has 0 spiro atoms.